The van der Waals surface area contributed by atoms with Gasteiger partial charge in [0.1, 0.15) is 5.84 Å². The van der Waals surface area contributed by atoms with E-state index in [1.807, 2.05) is 0 Å². The monoisotopic (exact) mass is 327 g/mol. The summed E-state index contributed by atoms with van der Waals surface area (Å²) in [6, 6.07) is 8.93. The number of hydrogen-bond acceptors (Lipinski definition) is 5. The van der Waals surface area contributed by atoms with Crippen LogP contribution in [0, 0.1) is 0 Å². The molecule has 0 bridgehead atoms. The molecule has 0 saturated carbocycles. The molecule has 2 aliphatic rings. The van der Waals surface area contributed by atoms with Gasteiger partial charge in [-0.25, -0.2) is 4.99 Å². The summed E-state index contributed by atoms with van der Waals surface area (Å²) >= 11 is 1.66. The third-order valence-electron chi connectivity index (χ3n) is 4.84. The molecule has 0 spiro atoms. The number of amidine groups is 1. The van der Waals surface area contributed by atoms with Crippen LogP contribution in [0.15, 0.2) is 34.6 Å². The highest BCUT2D eigenvalue weighted by Gasteiger charge is 2.24. The summed E-state index contributed by atoms with van der Waals surface area (Å²) < 4.78 is 0. The second kappa shape index (κ2) is 6.07. The maximum Gasteiger partial charge on any atom is 0.141 e. The molecule has 1 aromatic carbocycles. The molecular weight excluding hydrogens is 306 g/mol. The number of likely N-dealkylation sites (tertiary alicyclic amines) is 1. The molecule has 0 radical (unpaired) electrons. The lowest BCUT2D eigenvalue weighted by Crippen LogP contribution is -2.31. The van der Waals surface area contributed by atoms with E-state index in [0.29, 0.717) is 11.9 Å². The van der Waals surface area contributed by atoms with E-state index in [9.17, 15) is 5.11 Å². The Morgan fingerprint density at radius 3 is 3.09 bits per heavy atom. The lowest BCUT2D eigenvalue weighted by atomic mass is 10.0. The molecule has 1 atom stereocenters. The predicted octanol–water partition coefficient (Wildman–Crippen LogP) is 2.65. The SMILES string of the molecule is NC1=Nc2ccc(CN3CCC[C@H]3CO)cc2Cc2ccsc21. The largest absolute Gasteiger partial charge is 0.395 e. The van der Waals surface area contributed by atoms with Crippen molar-refractivity contribution in [2.75, 3.05) is 13.2 Å². The molecule has 0 amide bonds. The van der Waals surface area contributed by atoms with Crippen molar-refractivity contribution in [1.29, 1.82) is 0 Å². The van der Waals surface area contributed by atoms with E-state index >= 15 is 0 Å². The average molecular weight is 327 g/mol. The van der Waals surface area contributed by atoms with Crippen LogP contribution in [0.3, 0.4) is 0 Å². The minimum atomic E-state index is 0.254. The zero-order valence-corrected chi connectivity index (χ0v) is 13.9. The highest BCUT2D eigenvalue weighted by atomic mass is 32.1. The summed E-state index contributed by atoms with van der Waals surface area (Å²) in [7, 11) is 0. The van der Waals surface area contributed by atoms with Gasteiger partial charge in [-0.1, -0.05) is 12.1 Å². The lowest BCUT2D eigenvalue weighted by molar-refractivity contribution is 0.153. The number of aliphatic hydroxyl groups excluding tert-OH is 1. The van der Waals surface area contributed by atoms with Gasteiger partial charge in [-0.15, -0.1) is 11.3 Å². The maximum absolute atomic E-state index is 9.49. The molecule has 120 valence electrons. The van der Waals surface area contributed by atoms with Crippen LogP contribution in [-0.4, -0.2) is 35.0 Å². The summed E-state index contributed by atoms with van der Waals surface area (Å²) in [6.45, 7) is 2.22. The molecule has 0 aliphatic carbocycles. The topological polar surface area (TPSA) is 61.8 Å². The smallest absolute Gasteiger partial charge is 0.141 e. The Balaban J connectivity index is 1.63. The normalized spacial score (nSPS) is 20.7. The zero-order valence-electron chi connectivity index (χ0n) is 13.0. The van der Waals surface area contributed by atoms with E-state index in [1.165, 1.54) is 23.1 Å². The summed E-state index contributed by atoms with van der Waals surface area (Å²) in [5.74, 6) is 0.626. The van der Waals surface area contributed by atoms with Crippen LogP contribution >= 0.6 is 11.3 Å². The quantitative estimate of drug-likeness (QED) is 0.911. The fourth-order valence-corrected chi connectivity index (χ4v) is 4.44. The number of nitrogens with zero attached hydrogens (tertiary/aromatic N) is 2. The van der Waals surface area contributed by atoms with Crippen molar-refractivity contribution in [3.05, 3.63) is 51.2 Å². The second-order valence-electron chi connectivity index (χ2n) is 6.36. The van der Waals surface area contributed by atoms with E-state index in [4.69, 9.17) is 5.73 Å². The van der Waals surface area contributed by atoms with Gasteiger partial charge in [-0.3, -0.25) is 4.90 Å². The molecule has 5 heteroatoms. The van der Waals surface area contributed by atoms with Crippen molar-refractivity contribution in [2.24, 2.45) is 10.7 Å². The third kappa shape index (κ3) is 2.80. The van der Waals surface area contributed by atoms with Crippen molar-refractivity contribution in [3.8, 4) is 0 Å². The van der Waals surface area contributed by atoms with Gasteiger partial charge in [0.2, 0.25) is 0 Å². The van der Waals surface area contributed by atoms with E-state index in [-0.39, 0.29) is 6.61 Å². The van der Waals surface area contributed by atoms with Gasteiger partial charge in [-0.2, -0.15) is 0 Å². The second-order valence-corrected chi connectivity index (χ2v) is 7.28. The maximum atomic E-state index is 9.49. The van der Waals surface area contributed by atoms with E-state index < -0.39 is 0 Å². The fourth-order valence-electron chi connectivity index (χ4n) is 3.62. The number of thiophene rings is 1. The molecule has 1 aromatic heterocycles. The summed E-state index contributed by atoms with van der Waals surface area (Å²) in [4.78, 5) is 8.09. The van der Waals surface area contributed by atoms with Gasteiger partial charge in [0.05, 0.1) is 17.2 Å². The summed E-state index contributed by atoms with van der Waals surface area (Å²) in [5.41, 5.74) is 10.9. The molecular formula is C18H21N3OS. The van der Waals surface area contributed by atoms with Crippen LogP contribution in [0.4, 0.5) is 5.69 Å². The molecule has 2 aliphatic heterocycles. The zero-order chi connectivity index (χ0) is 15.8. The van der Waals surface area contributed by atoms with Gasteiger partial charge in [0, 0.05) is 19.0 Å². The first-order chi connectivity index (χ1) is 11.2. The number of aliphatic hydroxyl groups is 1. The summed E-state index contributed by atoms with van der Waals surface area (Å²) in [5, 5.41) is 11.6. The summed E-state index contributed by atoms with van der Waals surface area (Å²) in [6.07, 6.45) is 3.16. The Labute approximate surface area is 140 Å². The van der Waals surface area contributed by atoms with Gasteiger partial charge in [0.15, 0.2) is 0 Å². The van der Waals surface area contributed by atoms with Crippen LogP contribution in [0.25, 0.3) is 0 Å². The van der Waals surface area contributed by atoms with Crippen molar-refractivity contribution in [2.45, 2.75) is 31.8 Å². The Morgan fingerprint density at radius 1 is 1.30 bits per heavy atom. The Morgan fingerprint density at radius 2 is 2.22 bits per heavy atom. The highest BCUT2D eigenvalue weighted by molar-refractivity contribution is 7.12. The van der Waals surface area contributed by atoms with Gasteiger partial charge < -0.3 is 10.8 Å². The number of benzene rings is 1. The Hall–Kier alpha value is -1.69. The molecule has 0 unspecified atom stereocenters. The minimum Gasteiger partial charge on any atom is -0.395 e. The lowest BCUT2D eigenvalue weighted by Gasteiger charge is -2.23. The van der Waals surface area contributed by atoms with Gasteiger partial charge in [0.25, 0.3) is 0 Å². The van der Waals surface area contributed by atoms with E-state index in [2.05, 4.69) is 39.5 Å². The molecule has 1 fully saturated rings. The van der Waals surface area contributed by atoms with Crippen LogP contribution in [0.5, 0.6) is 0 Å². The van der Waals surface area contributed by atoms with Crippen molar-refractivity contribution in [1.82, 2.24) is 4.90 Å². The van der Waals surface area contributed by atoms with Crippen LogP contribution in [-0.2, 0) is 13.0 Å². The first kappa shape index (κ1) is 14.9. The average Bonchev–Trinajstić information content (AvgIpc) is 3.16. The first-order valence-corrected chi connectivity index (χ1v) is 9.00. The fraction of sp³-hybridized carbons (Fsp3) is 0.389. The number of hydrogen-bond donors (Lipinski definition) is 2. The van der Waals surface area contributed by atoms with Crippen LogP contribution in [0.2, 0.25) is 0 Å². The van der Waals surface area contributed by atoms with Crippen LogP contribution < -0.4 is 5.73 Å². The van der Waals surface area contributed by atoms with Crippen molar-refractivity contribution >= 4 is 22.9 Å². The number of fused-ring (bicyclic) bond motifs is 2. The molecule has 3 heterocycles. The third-order valence-corrected chi connectivity index (χ3v) is 5.82. The number of nitrogens with two attached hydrogens (primary N) is 1. The van der Waals surface area contributed by atoms with Crippen molar-refractivity contribution in [3.63, 3.8) is 0 Å². The predicted molar refractivity (Wildman–Crippen MR) is 94.5 cm³/mol. The van der Waals surface area contributed by atoms with Gasteiger partial charge >= 0.3 is 0 Å². The first-order valence-electron chi connectivity index (χ1n) is 8.12. The molecule has 4 rings (SSSR count). The molecule has 1 saturated heterocycles. The molecule has 3 N–H and O–H groups in total. The Bertz CT molecular complexity index is 752. The van der Waals surface area contributed by atoms with E-state index in [0.717, 1.165) is 36.5 Å². The van der Waals surface area contributed by atoms with Gasteiger partial charge in [-0.05, 0) is 53.6 Å². The molecule has 23 heavy (non-hydrogen) atoms. The minimum absolute atomic E-state index is 0.254. The highest BCUT2D eigenvalue weighted by Crippen LogP contribution is 2.31. The van der Waals surface area contributed by atoms with Crippen LogP contribution in [0.1, 0.15) is 34.4 Å². The Kier molecular flexibility index (Phi) is 3.93. The standard InChI is InChI=1S/C18H21N3OS/c19-18-17-13(5-7-23-17)9-14-8-12(3-4-16(14)20-18)10-21-6-1-2-15(21)11-22/h3-5,7-8,15,22H,1-2,6,9-11H2,(H2,19,20)/t15-/m0/s1. The molecule has 2 aromatic rings. The number of rotatable bonds is 3. The number of aliphatic imine (C=N–C) groups is 1. The van der Waals surface area contributed by atoms with Crippen molar-refractivity contribution < 1.29 is 5.11 Å². The van der Waals surface area contributed by atoms with E-state index in [1.54, 1.807) is 11.3 Å². The molecule has 4 nitrogen and oxygen atoms in total.